The zero-order valence-corrected chi connectivity index (χ0v) is 12.5. The summed E-state index contributed by atoms with van der Waals surface area (Å²) < 4.78 is 77.5. The van der Waals surface area contributed by atoms with Crippen molar-refractivity contribution in [3.05, 3.63) is 52.7 Å². The van der Waals surface area contributed by atoms with Crippen molar-refractivity contribution >= 4 is 17.5 Å². The van der Waals surface area contributed by atoms with Gasteiger partial charge in [0.05, 0.1) is 16.7 Å². The highest BCUT2D eigenvalue weighted by Gasteiger charge is 2.36. The van der Waals surface area contributed by atoms with Crippen molar-refractivity contribution in [1.29, 1.82) is 0 Å². The van der Waals surface area contributed by atoms with Crippen molar-refractivity contribution in [3.63, 3.8) is 0 Å². The van der Waals surface area contributed by atoms with Gasteiger partial charge < -0.3 is 10.4 Å². The highest BCUT2D eigenvalue weighted by Crippen LogP contribution is 2.36. The van der Waals surface area contributed by atoms with Crippen LogP contribution in [0, 0.1) is 6.92 Å². The first-order valence-electron chi connectivity index (χ1n) is 6.65. The highest BCUT2D eigenvalue weighted by atomic mass is 19.4. The minimum absolute atomic E-state index is 0.0986. The van der Waals surface area contributed by atoms with Gasteiger partial charge in [-0.1, -0.05) is 6.07 Å². The molecule has 1 aromatic heterocycles. The molecule has 10 heteroatoms. The number of aromatic nitrogens is 1. The number of nitrogens with zero attached hydrogens (tertiary/aromatic N) is 1. The number of carbonyl (C=O) groups is 1. The lowest BCUT2D eigenvalue weighted by atomic mass is 10.1. The minimum atomic E-state index is -4.96. The fourth-order valence-corrected chi connectivity index (χ4v) is 2.14. The summed E-state index contributed by atoms with van der Waals surface area (Å²) in [5, 5.41) is 11.2. The third-order valence-electron chi connectivity index (χ3n) is 3.34. The van der Waals surface area contributed by atoms with E-state index in [0.717, 1.165) is 19.1 Å². The Morgan fingerprint density at radius 3 is 2.20 bits per heavy atom. The molecule has 25 heavy (non-hydrogen) atoms. The number of hydrogen-bond acceptors (Lipinski definition) is 3. The smallest absolute Gasteiger partial charge is 0.417 e. The minimum Gasteiger partial charge on any atom is -0.478 e. The molecule has 2 aromatic rings. The van der Waals surface area contributed by atoms with Gasteiger partial charge in [0.2, 0.25) is 0 Å². The fraction of sp³-hybridized carbons (Fsp3) is 0.200. The Hall–Kier alpha value is -2.78. The molecule has 0 aliphatic carbocycles. The number of hydrogen-bond donors (Lipinski definition) is 2. The standard InChI is InChI=1S/C15H10F6N2O2/c1-7-9(14(16,17)18)3-2-4-11(7)23-12-5-10(15(19,20)21)8(6-22-12)13(24)25/h2-6H,1H3,(H,22,23)(H,24,25). The van der Waals surface area contributed by atoms with Gasteiger partial charge in [0.25, 0.3) is 0 Å². The molecule has 0 radical (unpaired) electrons. The van der Waals surface area contributed by atoms with Crippen molar-refractivity contribution in [2.24, 2.45) is 0 Å². The van der Waals surface area contributed by atoms with Gasteiger partial charge in [0, 0.05) is 11.9 Å². The summed E-state index contributed by atoms with van der Waals surface area (Å²) in [7, 11) is 0. The quantitative estimate of drug-likeness (QED) is 0.763. The molecule has 0 amide bonds. The molecule has 0 aliphatic rings. The number of benzene rings is 1. The normalized spacial score (nSPS) is 12.1. The van der Waals surface area contributed by atoms with Crippen LogP contribution in [0.2, 0.25) is 0 Å². The first-order chi connectivity index (χ1) is 11.4. The number of carboxylic acids is 1. The lowest BCUT2D eigenvalue weighted by Gasteiger charge is -2.16. The summed E-state index contributed by atoms with van der Waals surface area (Å²) in [6.07, 6.45) is -9.09. The molecule has 1 heterocycles. The lowest BCUT2D eigenvalue weighted by Crippen LogP contribution is -2.14. The second-order valence-electron chi connectivity index (χ2n) is 5.02. The fourth-order valence-electron chi connectivity index (χ4n) is 2.14. The Morgan fingerprint density at radius 2 is 1.68 bits per heavy atom. The van der Waals surface area contributed by atoms with E-state index in [2.05, 4.69) is 10.3 Å². The molecular weight excluding hydrogens is 354 g/mol. The van der Waals surface area contributed by atoms with Crippen LogP contribution >= 0.6 is 0 Å². The summed E-state index contributed by atoms with van der Waals surface area (Å²) in [5.74, 6) is -2.25. The van der Waals surface area contributed by atoms with Gasteiger partial charge in [-0.05, 0) is 30.7 Å². The van der Waals surface area contributed by atoms with Crippen LogP contribution in [0.15, 0.2) is 30.5 Å². The molecule has 4 nitrogen and oxygen atoms in total. The second-order valence-corrected chi connectivity index (χ2v) is 5.02. The predicted octanol–water partition coefficient (Wildman–Crippen LogP) is 4.87. The number of alkyl halides is 6. The Balaban J connectivity index is 2.47. The number of aromatic carboxylic acids is 1. The molecule has 0 aliphatic heterocycles. The molecule has 1 aromatic carbocycles. The van der Waals surface area contributed by atoms with Gasteiger partial charge in [-0.15, -0.1) is 0 Å². The second kappa shape index (κ2) is 6.26. The van der Waals surface area contributed by atoms with Crippen molar-refractivity contribution < 1.29 is 36.2 Å². The van der Waals surface area contributed by atoms with Crippen LogP contribution in [0.25, 0.3) is 0 Å². The van der Waals surface area contributed by atoms with E-state index in [-0.39, 0.29) is 11.3 Å². The molecule has 0 unspecified atom stereocenters. The number of anilines is 2. The van der Waals surface area contributed by atoms with Gasteiger partial charge in [-0.3, -0.25) is 0 Å². The Labute approximate surface area is 137 Å². The highest BCUT2D eigenvalue weighted by molar-refractivity contribution is 5.89. The average Bonchev–Trinajstić information content (AvgIpc) is 2.47. The molecule has 0 saturated carbocycles. The maximum Gasteiger partial charge on any atom is 0.417 e. The topological polar surface area (TPSA) is 62.2 Å². The molecule has 2 rings (SSSR count). The third kappa shape index (κ3) is 4.01. The zero-order valence-electron chi connectivity index (χ0n) is 12.5. The predicted molar refractivity (Wildman–Crippen MR) is 75.7 cm³/mol. The van der Waals surface area contributed by atoms with E-state index in [9.17, 15) is 31.1 Å². The van der Waals surface area contributed by atoms with E-state index in [0.29, 0.717) is 12.3 Å². The molecular formula is C15H10F6N2O2. The van der Waals surface area contributed by atoms with E-state index in [1.807, 2.05) is 0 Å². The first kappa shape index (κ1) is 18.6. The van der Waals surface area contributed by atoms with Gasteiger partial charge >= 0.3 is 18.3 Å². The van der Waals surface area contributed by atoms with Crippen molar-refractivity contribution in [2.45, 2.75) is 19.3 Å². The van der Waals surface area contributed by atoms with Crippen LogP contribution in [0.1, 0.15) is 27.0 Å². The van der Waals surface area contributed by atoms with E-state index in [4.69, 9.17) is 5.11 Å². The number of carboxylic acid groups (broad SMARTS) is 1. The van der Waals surface area contributed by atoms with E-state index < -0.39 is 40.8 Å². The van der Waals surface area contributed by atoms with Crippen LogP contribution in [-0.2, 0) is 12.4 Å². The summed E-state index contributed by atoms with van der Waals surface area (Å²) in [6.45, 7) is 1.15. The maximum absolute atomic E-state index is 13.0. The number of pyridine rings is 1. The molecule has 0 spiro atoms. The lowest BCUT2D eigenvalue weighted by molar-refractivity contribution is -0.138. The van der Waals surface area contributed by atoms with Gasteiger partial charge in [0.1, 0.15) is 5.82 Å². The summed E-state index contributed by atoms with van der Waals surface area (Å²) in [6, 6.07) is 3.60. The van der Waals surface area contributed by atoms with E-state index >= 15 is 0 Å². The van der Waals surface area contributed by atoms with Crippen LogP contribution < -0.4 is 5.32 Å². The molecule has 2 N–H and O–H groups in total. The summed E-state index contributed by atoms with van der Waals surface area (Å²) >= 11 is 0. The largest absolute Gasteiger partial charge is 0.478 e. The molecule has 134 valence electrons. The third-order valence-corrected chi connectivity index (χ3v) is 3.34. The average molecular weight is 364 g/mol. The van der Waals surface area contributed by atoms with E-state index in [1.54, 1.807) is 0 Å². The zero-order chi connectivity index (χ0) is 19.0. The maximum atomic E-state index is 13.0. The van der Waals surface area contributed by atoms with Gasteiger partial charge in [-0.2, -0.15) is 26.3 Å². The number of rotatable bonds is 3. The number of nitrogens with one attached hydrogen (secondary N) is 1. The summed E-state index contributed by atoms with van der Waals surface area (Å²) in [5.41, 5.74) is -3.79. The van der Waals surface area contributed by atoms with Gasteiger partial charge in [0.15, 0.2) is 0 Å². The summed E-state index contributed by atoms with van der Waals surface area (Å²) in [4.78, 5) is 14.4. The van der Waals surface area contributed by atoms with Crippen molar-refractivity contribution in [1.82, 2.24) is 4.98 Å². The SMILES string of the molecule is Cc1c(Nc2cc(C(F)(F)F)c(C(=O)O)cn2)cccc1C(F)(F)F. The molecule has 0 saturated heterocycles. The Kier molecular flexibility index (Phi) is 4.65. The Bertz CT molecular complexity index is 815. The monoisotopic (exact) mass is 364 g/mol. The molecule has 0 atom stereocenters. The van der Waals surface area contributed by atoms with Crippen molar-refractivity contribution in [3.8, 4) is 0 Å². The first-order valence-corrected chi connectivity index (χ1v) is 6.65. The molecule has 0 fully saturated rings. The van der Waals surface area contributed by atoms with Gasteiger partial charge in [-0.25, -0.2) is 9.78 Å². The number of halogens is 6. The van der Waals surface area contributed by atoms with Crippen LogP contribution in [-0.4, -0.2) is 16.1 Å². The van der Waals surface area contributed by atoms with Crippen LogP contribution in [0.5, 0.6) is 0 Å². The van der Waals surface area contributed by atoms with Crippen molar-refractivity contribution in [2.75, 3.05) is 5.32 Å². The van der Waals surface area contributed by atoms with E-state index in [1.165, 1.54) is 6.07 Å². The molecule has 0 bridgehead atoms. The van der Waals surface area contributed by atoms with Crippen LogP contribution in [0.3, 0.4) is 0 Å². The Morgan fingerprint density at radius 1 is 1.08 bits per heavy atom. The van der Waals surface area contributed by atoms with Crippen LogP contribution in [0.4, 0.5) is 37.8 Å².